The number of ether oxygens (including phenoxy) is 2. The van der Waals surface area contributed by atoms with Crippen molar-refractivity contribution in [1.82, 2.24) is 24.8 Å². The molecule has 4 aromatic rings. The summed E-state index contributed by atoms with van der Waals surface area (Å²) >= 11 is 0. The first-order chi connectivity index (χ1) is 20.7. The van der Waals surface area contributed by atoms with Crippen molar-refractivity contribution >= 4 is 23.3 Å². The van der Waals surface area contributed by atoms with Crippen LogP contribution in [0, 0.1) is 18.2 Å². The van der Waals surface area contributed by atoms with Crippen molar-refractivity contribution < 1.29 is 23.0 Å². The molecular formula is C30H28F2N8O3. The maximum atomic E-state index is 14.3. The molecule has 1 saturated heterocycles. The van der Waals surface area contributed by atoms with Crippen LogP contribution in [0.4, 0.5) is 20.4 Å². The highest BCUT2D eigenvalue weighted by atomic mass is 19.1. The second-order valence-electron chi connectivity index (χ2n) is 9.82. The third-order valence-electron chi connectivity index (χ3n) is 6.64. The van der Waals surface area contributed by atoms with Gasteiger partial charge in [0.25, 0.3) is 5.91 Å². The van der Waals surface area contributed by atoms with E-state index in [-0.39, 0.29) is 47.8 Å². The Labute approximate surface area is 245 Å². The summed E-state index contributed by atoms with van der Waals surface area (Å²) in [5.74, 6) is -0.333. The summed E-state index contributed by atoms with van der Waals surface area (Å²) in [6.45, 7) is 5.61. The molecular weight excluding hydrogens is 558 g/mol. The number of benzene rings is 2. The molecule has 4 N–H and O–H groups in total. The van der Waals surface area contributed by atoms with Crippen molar-refractivity contribution in [2.45, 2.75) is 26.0 Å². The highest BCUT2D eigenvalue weighted by Gasteiger charge is 2.29. The summed E-state index contributed by atoms with van der Waals surface area (Å²) < 4.78 is 39.1. The van der Waals surface area contributed by atoms with Crippen LogP contribution >= 0.6 is 0 Å². The molecule has 11 nitrogen and oxygen atoms in total. The van der Waals surface area contributed by atoms with Crippen molar-refractivity contribution in [3.8, 4) is 17.2 Å². The van der Waals surface area contributed by atoms with Gasteiger partial charge < -0.3 is 25.4 Å². The Bertz CT molecular complexity index is 1670. The third kappa shape index (κ3) is 7.07. The van der Waals surface area contributed by atoms with E-state index in [1.165, 1.54) is 23.4 Å². The highest BCUT2D eigenvalue weighted by molar-refractivity contribution is 6.16. The van der Waals surface area contributed by atoms with Crippen molar-refractivity contribution in [2.24, 2.45) is 0 Å². The Morgan fingerprint density at radius 3 is 2.56 bits per heavy atom. The van der Waals surface area contributed by atoms with E-state index in [2.05, 4.69) is 31.8 Å². The fourth-order valence-corrected chi connectivity index (χ4v) is 4.49. The molecule has 2 aromatic carbocycles. The van der Waals surface area contributed by atoms with Crippen LogP contribution in [-0.2, 0) is 11.4 Å². The van der Waals surface area contributed by atoms with Gasteiger partial charge in [0, 0.05) is 60.9 Å². The van der Waals surface area contributed by atoms with Gasteiger partial charge >= 0.3 is 0 Å². The predicted octanol–water partition coefficient (Wildman–Crippen LogP) is 4.58. The number of nitrogen functional groups attached to an aromatic ring is 1. The average Bonchev–Trinajstić information content (AvgIpc) is 3.45. The zero-order valence-electron chi connectivity index (χ0n) is 23.2. The Hall–Kier alpha value is -5.46. The molecule has 3 heterocycles. The molecule has 0 aliphatic carbocycles. The molecule has 0 spiro atoms. The average molecular weight is 587 g/mol. The fraction of sp³-hybridized carbons (Fsp3) is 0.200. The van der Waals surface area contributed by atoms with Gasteiger partial charge in [0.1, 0.15) is 53.5 Å². The molecule has 220 valence electrons. The van der Waals surface area contributed by atoms with E-state index in [4.69, 9.17) is 20.6 Å². The summed E-state index contributed by atoms with van der Waals surface area (Å²) in [5, 5.41) is 12.0. The molecule has 13 heteroatoms. The van der Waals surface area contributed by atoms with Crippen LogP contribution in [0.15, 0.2) is 73.6 Å². The van der Waals surface area contributed by atoms with Crippen molar-refractivity contribution in [3.63, 3.8) is 0 Å². The van der Waals surface area contributed by atoms with E-state index in [0.29, 0.717) is 35.9 Å². The lowest BCUT2D eigenvalue weighted by Gasteiger charge is -2.19. The molecule has 2 aromatic heterocycles. The maximum absolute atomic E-state index is 14.3. The normalized spacial score (nSPS) is 14.3. The van der Waals surface area contributed by atoms with Gasteiger partial charge in [-0.25, -0.2) is 28.7 Å². The molecule has 1 aliphatic heterocycles. The molecule has 1 unspecified atom stereocenters. The number of halogens is 2. The van der Waals surface area contributed by atoms with Crippen LogP contribution in [0.3, 0.4) is 0 Å². The second kappa shape index (κ2) is 12.6. The number of amides is 1. The van der Waals surface area contributed by atoms with Gasteiger partial charge in [0.05, 0.1) is 11.3 Å². The number of nitrogens with one attached hydrogen (secondary N) is 2. The molecule has 1 amide bonds. The molecule has 5 rings (SSSR count). The lowest BCUT2D eigenvalue weighted by atomic mass is 10.0. The Balaban J connectivity index is 1.26. The number of anilines is 2. The zero-order chi connectivity index (χ0) is 30.5. The summed E-state index contributed by atoms with van der Waals surface area (Å²) in [7, 11) is 0. The number of hydrogen-bond donors (Lipinski definition) is 3. The first-order valence-corrected chi connectivity index (χ1v) is 13.2. The molecule has 43 heavy (non-hydrogen) atoms. The number of carbonyl (C=O) groups excluding carboxylic acids is 1. The number of aromatic nitrogens is 4. The minimum atomic E-state index is -1.01. The van der Waals surface area contributed by atoms with Gasteiger partial charge in [0.2, 0.25) is 0 Å². The van der Waals surface area contributed by atoms with Crippen LogP contribution < -0.4 is 20.5 Å². The van der Waals surface area contributed by atoms with Crippen LogP contribution in [-0.4, -0.2) is 55.6 Å². The fourth-order valence-electron chi connectivity index (χ4n) is 4.49. The topological polar surface area (TPSA) is 152 Å². The molecule has 1 fully saturated rings. The number of nitrogens with zero attached hydrogens (tertiary/aromatic N) is 5. The largest absolute Gasteiger partial charge is 0.489 e. The molecule has 0 saturated carbocycles. The number of carbonyl (C=O) groups is 1. The van der Waals surface area contributed by atoms with Crippen molar-refractivity contribution in [1.29, 1.82) is 5.41 Å². The predicted molar refractivity (Wildman–Crippen MR) is 155 cm³/mol. The number of aryl methyl sites for hydroxylation is 1. The third-order valence-corrected chi connectivity index (χ3v) is 6.64. The van der Waals surface area contributed by atoms with Crippen LogP contribution in [0.2, 0.25) is 0 Å². The Morgan fingerprint density at radius 1 is 1.12 bits per heavy atom. The molecule has 1 aliphatic rings. The van der Waals surface area contributed by atoms with Gasteiger partial charge in [0.15, 0.2) is 5.83 Å². The quantitative estimate of drug-likeness (QED) is 0.179. The van der Waals surface area contributed by atoms with Crippen molar-refractivity contribution in [3.05, 3.63) is 102 Å². The Morgan fingerprint density at radius 2 is 1.84 bits per heavy atom. The number of likely N-dealkylation sites (tertiary alicyclic amines) is 1. The first-order valence-electron chi connectivity index (χ1n) is 13.2. The smallest absolute Gasteiger partial charge is 0.282 e. The monoisotopic (exact) mass is 586 g/mol. The van der Waals surface area contributed by atoms with Gasteiger partial charge in [-0.15, -0.1) is 0 Å². The highest BCUT2D eigenvalue weighted by Crippen LogP contribution is 2.29. The van der Waals surface area contributed by atoms with Gasteiger partial charge in [-0.05, 0) is 37.6 Å². The maximum Gasteiger partial charge on any atom is 0.282 e. The second-order valence-corrected chi connectivity index (χ2v) is 9.82. The minimum absolute atomic E-state index is 0.0525. The summed E-state index contributed by atoms with van der Waals surface area (Å²) in [5.41, 5.74) is 7.71. The molecule has 0 radical (unpaired) electrons. The molecule has 0 bridgehead atoms. The zero-order valence-corrected chi connectivity index (χ0v) is 23.2. The van der Waals surface area contributed by atoms with E-state index in [0.717, 1.165) is 5.56 Å². The van der Waals surface area contributed by atoms with Crippen LogP contribution in [0.5, 0.6) is 17.2 Å². The number of rotatable bonds is 10. The van der Waals surface area contributed by atoms with E-state index in [1.807, 2.05) is 0 Å². The first kappa shape index (κ1) is 29.0. The van der Waals surface area contributed by atoms with E-state index in [9.17, 15) is 13.6 Å². The van der Waals surface area contributed by atoms with Crippen LogP contribution in [0.1, 0.15) is 28.9 Å². The van der Waals surface area contributed by atoms with Gasteiger partial charge in [-0.2, -0.15) is 0 Å². The van der Waals surface area contributed by atoms with E-state index >= 15 is 0 Å². The number of nitrogens with two attached hydrogens (primary N) is 1. The number of hydrogen-bond acceptors (Lipinski definition) is 10. The van der Waals surface area contributed by atoms with Crippen molar-refractivity contribution in [2.75, 3.05) is 24.1 Å². The minimum Gasteiger partial charge on any atom is -0.489 e. The van der Waals surface area contributed by atoms with Gasteiger partial charge in [-0.3, -0.25) is 10.2 Å². The van der Waals surface area contributed by atoms with Crippen LogP contribution in [0.25, 0.3) is 0 Å². The van der Waals surface area contributed by atoms with E-state index in [1.54, 1.807) is 49.6 Å². The molecule has 1 atom stereocenters. The SMILES string of the molecule is C=C(F)C(=O)N1CCC(Nc2ncnc(N)c2C(=N)c2ccc(Oc3cc(F)cc(OCc4cnc(C)nc4)c3)cc2)C1. The summed E-state index contributed by atoms with van der Waals surface area (Å²) in [6.07, 6.45) is 5.11. The lowest BCUT2D eigenvalue weighted by Crippen LogP contribution is -2.32. The lowest BCUT2D eigenvalue weighted by molar-refractivity contribution is -0.127. The Kier molecular flexibility index (Phi) is 8.51. The van der Waals surface area contributed by atoms with Gasteiger partial charge in [-0.1, -0.05) is 6.58 Å². The van der Waals surface area contributed by atoms with E-state index < -0.39 is 17.6 Å². The standard InChI is InChI=1S/C30H28F2N8O3/c1-17(31)30(41)40-8-7-22(14-40)39-29-26(28(34)37-16-38-29)27(33)20-3-5-23(6-4-20)43-25-10-21(32)9-24(11-25)42-15-19-12-35-18(2)36-13-19/h3-6,9-13,16,22,33H,1,7-8,14-15H2,2H3,(H3,34,37,38,39). The summed E-state index contributed by atoms with van der Waals surface area (Å²) in [4.78, 5) is 29.8. The summed E-state index contributed by atoms with van der Waals surface area (Å²) in [6, 6.07) is 10.4.